The smallest absolute Gasteiger partial charge is 0.328 e. The minimum absolute atomic E-state index is 0.0873. The van der Waals surface area contributed by atoms with Gasteiger partial charge in [-0.25, -0.2) is 4.79 Å². The number of carbonyl (C=O) groups is 2. The van der Waals surface area contributed by atoms with Crippen molar-refractivity contribution in [3.63, 3.8) is 0 Å². The molecule has 0 saturated heterocycles. The summed E-state index contributed by atoms with van der Waals surface area (Å²) in [5.74, 6) is -1.42. The van der Waals surface area contributed by atoms with Crippen LogP contribution in [0.1, 0.15) is 35.9 Å². The van der Waals surface area contributed by atoms with Crippen molar-refractivity contribution in [1.82, 2.24) is 15.1 Å². The third-order valence-electron chi connectivity index (χ3n) is 2.66. The van der Waals surface area contributed by atoms with Crippen LogP contribution in [0.3, 0.4) is 0 Å². The van der Waals surface area contributed by atoms with E-state index in [-0.39, 0.29) is 12.5 Å². The molecule has 1 atom stereocenters. The predicted molar refractivity (Wildman–Crippen MR) is 68.1 cm³/mol. The summed E-state index contributed by atoms with van der Waals surface area (Å²) in [6, 6.07) is 0.584. The molecule has 1 aromatic rings. The molecule has 2 N–H and O–H groups in total. The van der Waals surface area contributed by atoms with E-state index in [1.807, 2.05) is 13.8 Å². The molecule has 1 amide bonds. The van der Waals surface area contributed by atoms with Gasteiger partial charge in [0.05, 0.1) is 12.3 Å². The topological polar surface area (TPSA) is 93.5 Å². The summed E-state index contributed by atoms with van der Waals surface area (Å²) in [7, 11) is 3.02. The monoisotopic (exact) mass is 269 g/mol. The van der Waals surface area contributed by atoms with Crippen molar-refractivity contribution >= 4 is 11.9 Å². The summed E-state index contributed by atoms with van der Waals surface area (Å²) in [4.78, 5) is 22.9. The second-order valence-electron chi connectivity index (χ2n) is 4.55. The molecule has 1 aromatic heterocycles. The quantitative estimate of drug-likeness (QED) is 0.778. The fourth-order valence-electron chi connectivity index (χ4n) is 1.56. The number of carboxylic acid groups (broad SMARTS) is 1. The SMILES string of the molecule is COC[C@@H](NC(=O)c1cc(C(C)C)nn1C)C(=O)O. The van der Waals surface area contributed by atoms with Crippen molar-refractivity contribution in [3.05, 3.63) is 17.5 Å². The number of aliphatic carboxylic acids is 1. The van der Waals surface area contributed by atoms with Crippen LogP contribution in [0.5, 0.6) is 0 Å². The Balaban J connectivity index is 2.85. The Morgan fingerprint density at radius 2 is 2.16 bits per heavy atom. The number of carbonyl (C=O) groups excluding carboxylic acids is 1. The third kappa shape index (κ3) is 3.78. The lowest BCUT2D eigenvalue weighted by atomic mass is 10.1. The van der Waals surface area contributed by atoms with Crippen LogP contribution in [0, 0.1) is 0 Å². The molecule has 19 heavy (non-hydrogen) atoms. The number of methoxy groups -OCH3 is 1. The molecule has 0 aliphatic heterocycles. The summed E-state index contributed by atoms with van der Waals surface area (Å²) in [6.45, 7) is 3.85. The zero-order chi connectivity index (χ0) is 14.6. The van der Waals surface area contributed by atoms with E-state index in [4.69, 9.17) is 9.84 Å². The molecule has 1 rings (SSSR count). The lowest BCUT2D eigenvalue weighted by Gasteiger charge is -2.13. The Kier molecular flexibility index (Phi) is 5.05. The minimum Gasteiger partial charge on any atom is -0.480 e. The van der Waals surface area contributed by atoms with Crippen LogP contribution in [-0.4, -0.2) is 46.5 Å². The number of hydrogen-bond donors (Lipinski definition) is 2. The highest BCUT2D eigenvalue weighted by molar-refractivity contribution is 5.95. The Bertz CT molecular complexity index is 468. The van der Waals surface area contributed by atoms with E-state index in [2.05, 4.69) is 10.4 Å². The number of aromatic nitrogens is 2. The van der Waals surface area contributed by atoms with Crippen LogP contribution < -0.4 is 5.32 Å². The van der Waals surface area contributed by atoms with Crippen molar-refractivity contribution in [1.29, 1.82) is 0 Å². The maximum Gasteiger partial charge on any atom is 0.328 e. The lowest BCUT2D eigenvalue weighted by molar-refractivity contribution is -0.140. The summed E-state index contributed by atoms with van der Waals surface area (Å²) < 4.78 is 6.20. The van der Waals surface area contributed by atoms with Gasteiger partial charge in [0.1, 0.15) is 5.69 Å². The van der Waals surface area contributed by atoms with Crippen molar-refractivity contribution in [3.8, 4) is 0 Å². The third-order valence-corrected chi connectivity index (χ3v) is 2.66. The molecule has 0 aromatic carbocycles. The average molecular weight is 269 g/mol. The van der Waals surface area contributed by atoms with E-state index < -0.39 is 17.9 Å². The standard InChI is InChI=1S/C12H19N3O4/c1-7(2)8-5-10(15(3)14-8)11(16)13-9(6-19-4)12(17)18/h5,7,9H,6H2,1-4H3,(H,13,16)(H,17,18)/t9-/m1/s1. The maximum absolute atomic E-state index is 12.0. The first-order chi connectivity index (χ1) is 8.86. The summed E-state index contributed by atoms with van der Waals surface area (Å²) >= 11 is 0. The van der Waals surface area contributed by atoms with Crippen molar-refractivity contribution in [2.45, 2.75) is 25.8 Å². The lowest BCUT2D eigenvalue weighted by Crippen LogP contribution is -2.44. The zero-order valence-corrected chi connectivity index (χ0v) is 11.5. The van der Waals surface area contributed by atoms with Gasteiger partial charge in [0.15, 0.2) is 6.04 Å². The molecule has 0 spiro atoms. The normalized spacial score (nSPS) is 12.5. The first kappa shape index (κ1) is 15.2. The number of aryl methyl sites for hydroxylation is 1. The molecule has 0 fully saturated rings. The molecule has 0 bridgehead atoms. The molecule has 106 valence electrons. The van der Waals surface area contributed by atoms with Gasteiger partial charge in [0, 0.05) is 14.2 Å². The van der Waals surface area contributed by atoms with E-state index in [0.29, 0.717) is 5.69 Å². The van der Waals surface area contributed by atoms with Gasteiger partial charge in [-0.2, -0.15) is 5.10 Å². The summed E-state index contributed by atoms with van der Waals surface area (Å²) in [5.41, 5.74) is 1.11. The van der Waals surface area contributed by atoms with E-state index in [9.17, 15) is 9.59 Å². The maximum atomic E-state index is 12.0. The molecule has 1 heterocycles. The van der Waals surface area contributed by atoms with Crippen molar-refractivity contribution in [2.24, 2.45) is 7.05 Å². The molecule has 7 nitrogen and oxygen atoms in total. The van der Waals surface area contributed by atoms with Gasteiger partial charge in [0.25, 0.3) is 5.91 Å². The van der Waals surface area contributed by atoms with E-state index in [1.165, 1.54) is 11.8 Å². The van der Waals surface area contributed by atoms with Crippen LogP contribution in [0.2, 0.25) is 0 Å². The Hall–Kier alpha value is -1.89. The van der Waals surface area contributed by atoms with E-state index in [0.717, 1.165) is 5.69 Å². The highest BCUT2D eigenvalue weighted by atomic mass is 16.5. The summed E-state index contributed by atoms with van der Waals surface area (Å²) in [5, 5.41) is 15.6. The van der Waals surface area contributed by atoms with E-state index >= 15 is 0 Å². The minimum atomic E-state index is -1.14. The fraction of sp³-hybridized carbons (Fsp3) is 0.583. The van der Waals surface area contributed by atoms with Crippen LogP contribution in [0.15, 0.2) is 6.07 Å². The first-order valence-electron chi connectivity index (χ1n) is 5.93. The van der Waals surface area contributed by atoms with Gasteiger partial charge in [-0.3, -0.25) is 9.48 Å². The number of rotatable bonds is 6. The Morgan fingerprint density at radius 1 is 1.53 bits per heavy atom. The number of carboxylic acids is 1. The predicted octanol–water partition coefficient (Wildman–Crippen LogP) is 0.373. The number of hydrogen-bond acceptors (Lipinski definition) is 4. The van der Waals surface area contributed by atoms with Gasteiger partial charge in [0.2, 0.25) is 0 Å². The fourth-order valence-corrected chi connectivity index (χ4v) is 1.56. The number of amides is 1. The molecule has 0 saturated carbocycles. The molecule has 0 radical (unpaired) electrons. The van der Waals surface area contributed by atoms with Gasteiger partial charge < -0.3 is 15.2 Å². The van der Waals surface area contributed by atoms with Crippen molar-refractivity contribution < 1.29 is 19.4 Å². The largest absolute Gasteiger partial charge is 0.480 e. The van der Waals surface area contributed by atoms with Crippen LogP contribution in [0.25, 0.3) is 0 Å². The highest BCUT2D eigenvalue weighted by Gasteiger charge is 2.23. The Morgan fingerprint density at radius 3 is 2.58 bits per heavy atom. The molecule has 0 aliphatic rings. The molecule has 0 aliphatic carbocycles. The van der Waals surface area contributed by atoms with Crippen LogP contribution in [0.4, 0.5) is 0 Å². The molecule has 7 heteroatoms. The average Bonchev–Trinajstić information content (AvgIpc) is 2.70. The molecule has 0 unspecified atom stereocenters. The zero-order valence-electron chi connectivity index (χ0n) is 11.5. The molecular formula is C12H19N3O4. The van der Waals surface area contributed by atoms with Crippen LogP contribution in [-0.2, 0) is 16.6 Å². The van der Waals surface area contributed by atoms with Gasteiger partial charge in [-0.05, 0) is 12.0 Å². The van der Waals surface area contributed by atoms with Crippen LogP contribution >= 0.6 is 0 Å². The summed E-state index contributed by atoms with van der Waals surface area (Å²) in [6.07, 6.45) is 0. The second kappa shape index (κ2) is 6.33. The first-order valence-corrected chi connectivity index (χ1v) is 5.93. The van der Waals surface area contributed by atoms with Gasteiger partial charge in [-0.15, -0.1) is 0 Å². The second-order valence-corrected chi connectivity index (χ2v) is 4.55. The van der Waals surface area contributed by atoms with Gasteiger partial charge >= 0.3 is 5.97 Å². The van der Waals surface area contributed by atoms with Gasteiger partial charge in [-0.1, -0.05) is 13.8 Å². The van der Waals surface area contributed by atoms with E-state index in [1.54, 1.807) is 13.1 Å². The number of ether oxygens (including phenoxy) is 1. The highest BCUT2D eigenvalue weighted by Crippen LogP contribution is 2.13. The number of nitrogens with one attached hydrogen (secondary N) is 1. The Labute approximate surface area is 111 Å². The number of nitrogens with zero attached hydrogens (tertiary/aromatic N) is 2. The van der Waals surface area contributed by atoms with Crippen molar-refractivity contribution in [2.75, 3.05) is 13.7 Å². The molecular weight excluding hydrogens is 250 g/mol.